The Morgan fingerprint density at radius 1 is 1.22 bits per heavy atom. The number of amides is 1. The van der Waals surface area contributed by atoms with Gasteiger partial charge in [0, 0.05) is 17.1 Å². The molecule has 144 valence electrons. The van der Waals surface area contributed by atoms with E-state index in [9.17, 15) is 9.59 Å². The molecule has 1 heterocycles. The van der Waals surface area contributed by atoms with Crippen LogP contribution in [0.25, 0.3) is 0 Å². The predicted molar refractivity (Wildman–Crippen MR) is 104 cm³/mol. The van der Waals surface area contributed by atoms with Crippen LogP contribution in [-0.4, -0.2) is 28.3 Å². The van der Waals surface area contributed by atoms with E-state index in [4.69, 9.17) is 16.3 Å². The molecule has 1 amide bonds. The molecule has 1 aromatic carbocycles. The van der Waals surface area contributed by atoms with Crippen molar-refractivity contribution in [1.29, 1.82) is 0 Å². The zero-order valence-electron chi connectivity index (χ0n) is 15.6. The highest BCUT2D eigenvalue weighted by Gasteiger charge is 2.44. The van der Waals surface area contributed by atoms with E-state index in [-0.39, 0.29) is 24.5 Å². The second kappa shape index (κ2) is 8.13. The van der Waals surface area contributed by atoms with Crippen LogP contribution in [0.5, 0.6) is 0 Å². The number of carbonyl (C=O) groups is 2. The van der Waals surface area contributed by atoms with Gasteiger partial charge in [0.05, 0.1) is 11.6 Å². The van der Waals surface area contributed by atoms with Crippen molar-refractivity contribution in [3.05, 3.63) is 47.1 Å². The molecule has 0 radical (unpaired) electrons. The highest BCUT2D eigenvalue weighted by atomic mass is 35.5. The molecule has 1 saturated carbocycles. The maximum absolute atomic E-state index is 12.9. The molecule has 1 aliphatic rings. The third kappa shape index (κ3) is 4.16. The summed E-state index contributed by atoms with van der Waals surface area (Å²) in [6, 6.07) is 9.14. The van der Waals surface area contributed by atoms with Crippen molar-refractivity contribution in [2.75, 3.05) is 11.9 Å². The number of rotatable bonds is 6. The Labute approximate surface area is 163 Å². The summed E-state index contributed by atoms with van der Waals surface area (Å²) in [6.07, 6.45) is 4.97. The molecular weight excluding hydrogens is 366 g/mol. The van der Waals surface area contributed by atoms with Crippen molar-refractivity contribution in [2.45, 2.75) is 51.0 Å². The van der Waals surface area contributed by atoms with Crippen LogP contribution in [0.15, 0.2) is 36.5 Å². The smallest absolute Gasteiger partial charge is 0.317 e. The van der Waals surface area contributed by atoms with E-state index in [1.807, 2.05) is 26.0 Å². The molecule has 0 bridgehead atoms. The number of benzene rings is 1. The lowest BCUT2D eigenvalue weighted by molar-refractivity contribution is -0.153. The van der Waals surface area contributed by atoms with Crippen molar-refractivity contribution < 1.29 is 14.3 Å². The maximum Gasteiger partial charge on any atom is 0.317 e. The van der Waals surface area contributed by atoms with Gasteiger partial charge in [-0.3, -0.25) is 9.59 Å². The van der Waals surface area contributed by atoms with Crippen molar-refractivity contribution in [1.82, 2.24) is 9.78 Å². The summed E-state index contributed by atoms with van der Waals surface area (Å²) in [5, 5.41) is 7.54. The Morgan fingerprint density at radius 3 is 2.52 bits per heavy atom. The van der Waals surface area contributed by atoms with Gasteiger partial charge in [0.15, 0.2) is 6.61 Å². The number of nitrogens with zero attached hydrogens (tertiary/aromatic N) is 2. The first kappa shape index (κ1) is 19.4. The molecule has 6 nitrogen and oxygen atoms in total. The molecule has 27 heavy (non-hydrogen) atoms. The summed E-state index contributed by atoms with van der Waals surface area (Å²) >= 11 is 5.97. The summed E-state index contributed by atoms with van der Waals surface area (Å²) in [4.78, 5) is 25.1. The molecule has 0 aliphatic heterocycles. The number of aromatic nitrogens is 2. The van der Waals surface area contributed by atoms with Crippen LogP contribution in [0.4, 0.5) is 5.82 Å². The van der Waals surface area contributed by atoms with Gasteiger partial charge in [-0.1, -0.05) is 36.6 Å². The number of hydrogen-bond acceptors (Lipinski definition) is 4. The first-order valence-corrected chi connectivity index (χ1v) is 9.57. The van der Waals surface area contributed by atoms with Gasteiger partial charge in [-0.25, -0.2) is 4.68 Å². The van der Waals surface area contributed by atoms with Crippen LogP contribution in [-0.2, 0) is 19.7 Å². The van der Waals surface area contributed by atoms with Gasteiger partial charge in [0.1, 0.15) is 5.82 Å². The van der Waals surface area contributed by atoms with E-state index in [0.29, 0.717) is 10.8 Å². The van der Waals surface area contributed by atoms with Crippen molar-refractivity contribution in [3.63, 3.8) is 0 Å². The summed E-state index contributed by atoms with van der Waals surface area (Å²) in [5.74, 6) is -0.149. The van der Waals surface area contributed by atoms with Gasteiger partial charge in [0.25, 0.3) is 5.91 Å². The lowest BCUT2D eigenvalue weighted by Gasteiger charge is -2.27. The molecule has 3 rings (SSSR count). The Morgan fingerprint density at radius 2 is 1.89 bits per heavy atom. The summed E-state index contributed by atoms with van der Waals surface area (Å²) in [5.41, 5.74) is 0.206. The predicted octanol–water partition coefficient (Wildman–Crippen LogP) is 4.11. The molecule has 0 spiro atoms. The summed E-state index contributed by atoms with van der Waals surface area (Å²) in [7, 11) is 0. The lowest BCUT2D eigenvalue weighted by Crippen LogP contribution is -2.36. The number of nitrogens with one attached hydrogen (secondary N) is 1. The second-order valence-corrected chi connectivity index (χ2v) is 7.61. The third-order valence-corrected chi connectivity index (χ3v) is 5.26. The SMILES string of the molecule is CC(C)n1nccc1NC(=O)COC(=O)C1(c2ccc(Cl)cc2)CCCC1. The van der Waals surface area contributed by atoms with Crippen LogP contribution in [0, 0.1) is 0 Å². The van der Waals surface area contributed by atoms with Crippen LogP contribution in [0.2, 0.25) is 5.02 Å². The molecule has 1 fully saturated rings. The van der Waals surface area contributed by atoms with Gasteiger partial charge < -0.3 is 10.1 Å². The van der Waals surface area contributed by atoms with E-state index >= 15 is 0 Å². The number of ether oxygens (including phenoxy) is 1. The fraction of sp³-hybridized carbons (Fsp3) is 0.450. The van der Waals surface area contributed by atoms with Gasteiger partial charge in [-0.15, -0.1) is 0 Å². The first-order chi connectivity index (χ1) is 12.9. The van der Waals surface area contributed by atoms with E-state index in [1.165, 1.54) is 0 Å². The largest absolute Gasteiger partial charge is 0.455 e. The number of carbonyl (C=O) groups excluding carboxylic acids is 2. The molecule has 2 aromatic rings. The Hall–Kier alpha value is -2.34. The number of anilines is 1. The molecule has 0 unspecified atom stereocenters. The van der Waals surface area contributed by atoms with Crippen LogP contribution < -0.4 is 5.32 Å². The molecule has 7 heteroatoms. The molecular formula is C20H24ClN3O3. The first-order valence-electron chi connectivity index (χ1n) is 9.19. The average Bonchev–Trinajstić information content (AvgIpc) is 3.30. The quantitative estimate of drug-likeness (QED) is 0.754. The van der Waals surface area contributed by atoms with E-state index in [0.717, 1.165) is 31.2 Å². The number of halogens is 1. The van der Waals surface area contributed by atoms with E-state index < -0.39 is 5.41 Å². The standard InChI is InChI=1S/C20H24ClN3O3/c1-14(2)24-17(9-12-22-24)23-18(25)13-27-19(26)20(10-3-4-11-20)15-5-7-16(21)8-6-15/h5-9,12,14H,3-4,10-11,13H2,1-2H3,(H,23,25). The second-order valence-electron chi connectivity index (χ2n) is 7.18. The van der Waals surface area contributed by atoms with Gasteiger partial charge in [-0.05, 0) is 44.4 Å². The van der Waals surface area contributed by atoms with Gasteiger partial charge >= 0.3 is 5.97 Å². The van der Waals surface area contributed by atoms with Gasteiger partial charge in [0.2, 0.25) is 0 Å². The normalized spacial score (nSPS) is 15.7. The summed E-state index contributed by atoms with van der Waals surface area (Å²) < 4.78 is 7.11. The monoisotopic (exact) mass is 389 g/mol. The van der Waals surface area contributed by atoms with E-state index in [1.54, 1.807) is 29.1 Å². The van der Waals surface area contributed by atoms with Gasteiger partial charge in [-0.2, -0.15) is 5.10 Å². The fourth-order valence-electron chi connectivity index (χ4n) is 3.63. The topological polar surface area (TPSA) is 73.2 Å². The minimum absolute atomic E-state index is 0.115. The fourth-order valence-corrected chi connectivity index (χ4v) is 3.76. The zero-order chi connectivity index (χ0) is 19.4. The Bertz CT molecular complexity index is 808. The van der Waals surface area contributed by atoms with Crippen molar-refractivity contribution >= 4 is 29.3 Å². The van der Waals surface area contributed by atoms with Crippen LogP contribution in [0.1, 0.15) is 51.1 Å². The molecule has 0 atom stereocenters. The van der Waals surface area contributed by atoms with Crippen LogP contribution >= 0.6 is 11.6 Å². The minimum Gasteiger partial charge on any atom is -0.455 e. The van der Waals surface area contributed by atoms with E-state index in [2.05, 4.69) is 10.4 Å². The average molecular weight is 390 g/mol. The molecule has 1 aromatic heterocycles. The highest BCUT2D eigenvalue weighted by molar-refractivity contribution is 6.30. The lowest BCUT2D eigenvalue weighted by atomic mass is 9.79. The van der Waals surface area contributed by atoms with Crippen LogP contribution in [0.3, 0.4) is 0 Å². The number of hydrogen-bond donors (Lipinski definition) is 1. The third-order valence-electron chi connectivity index (χ3n) is 5.01. The minimum atomic E-state index is -0.690. The Balaban J connectivity index is 1.65. The molecule has 1 aliphatic carbocycles. The highest BCUT2D eigenvalue weighted by Crippen LogP contribution is 2.42. The van der Waals surface area contributed by atoms with Crippen molar-refractivity contribution in [2.24, 2.45) is 0 Å². The zero-order valence-corrected chi connectivity index (χ0v) is 16.3. The van der Waals surface area contributed by atoms with Crippen molar-refractivity contribution in [3.8, 4) is 0 Å². The molecule has 0 saturated heterocycles. The maximum atomic E-state index is 12.9. The summed E-state index contributed by atoms with van der Waals surface area (Å²) in [6.45, 7) is 3.62. The number of esters is 1. The Kier molecular flexibility index (Phi) is 5.85. The molecule has 1 N–H and O–H groups in total.